The third-order valence-corrected chi connectivity index (χ3v) is 3.40. The van der Waals surface area contributed by atoms with Crippen molar-refractivity contribution in [1.82, 2.24) is 5.32 Å². The van der Waals surface area contributed by atoms with Crippen molar-refractivity contribution >= 4 is 41.2 Å². The minimum atomic E-state index is -1.66. The summed E-state index contributed by atoms with van der Waals surface area (Å²) in [5.74, 6) is -3.07. The minimum absolute atomic E-state index is 0.00537. The summed E-state index contributed by atoms with van der Waals surface area (Å²) >= 11 is 11.6. The second-order valence-electron chi connectivity index (χ2n) is 4.45. The number of carboxylic acid groups (broad SMARTS) is 1. The van der Waals surface area contributed by atoms with E-state index in [0.29, 0.717) is 5.02 Å². The number of rotatable bonds is 4. The summed E-state index contributed by atoms with van der Waals surface area (Å²) in [5.41, 5.74) is -0.572. The molecule has 1 N–H and O–H groups in total. The van der Waals surface area contributed by atoms with Gasteiger partial charge in [0.1, 0.15) is 5.82 Å². The van der Waals surface area contributed by atoms with Crippen LogP contribution in [0, 0.1) is 5.82 Å². The van der Waals surface area contributed by atoms with Gasteiger partial charge in [-0.25, -0.2) is 4.39 Å². The molecule has 7 heteroatoms. The first kappa shape index (κ1) is 17.0. The molecule has 0 atom stereocenters. The van der Waals surface area contributed by atoms with Gasteiger partial charge in [0, 0.05) is 10.6 Å². The Morgan fingerprint density at radius 1 is 1.13 bits per heavy atom. The van der Waals surface area contributed by atoms with Crippen molar-refractivity contribution in [2.45, 2.75) is 0 Å². The summed E-state index contributed by atoms with van der Waals surface area (Å²) in [6.07, 6.45) is 0.965. The van der Waals surface area contributed by atoms with Crippen molar-refractivity contribution in [3.63, 3.8) is 0 Å². The van der Waals surface area contributed by atoms with Gasteiger partial charge in [0.2, 0.25) is 0 Å². The molecule has 0 aliphatic carbocycles. The smallest absolute Gasteiger partial charge is 0.257 e. The minimum Gasteiger partial charge on any atom is -0.543 e. The van der Waals surface area contributed by atoms with Crippen molar-refractivity contribution in [2.75, 3.05) is 0 Å². The van der Waals surface area contributed by atoms with Gasteiger partial charge in [-0.1, -0.05) is 41.4 Å². The van der Waals surface area contributed by atoms with Gasteiger partial charge < -0.3 is 15.2 Å². The van der Waals surface area contributed by atoms with E-state index in [-0.39, 0.29) is 16.1 Å². The predicted molar refractivity (Wildman–Crippen MR) is 83.3 cm³/mol. The summed E-state index contributed by atoms with van der Waals surface area (Å²) in [4.78, 5) is 23.3. The number of benzene rings is 2. The predicted octanol–water partition coefficient (Wildman–Crippen LogP) is 2.65. The molecule has 2 rings (SSSR count). The molecule has 0 radical (unpaired) electrons. The summed E-state index contributed by atoms with van der Waals surface area (Å²) < 4.78 is 13.6. The normalized spacial score (nSPS) is 11.2. The van der Waals surface area contributed by atoms with Crippen LogP contribution in [0.3, 0.4) is 0 Å². The van der Waals surface area contributed by atoms with Crippen LogP contribution >= 0.6 is 23.2 Å². The summed E-state index contributed by atoms with van der Waals surface area (Å²) in [7, 11) is 0. The van der Waals surface area contributed by atoms with Gasteiger partial charge in [-0.05, 0) is 30.3 Å². The zero-order chi connectivity index (χ0) is 17.0. The maximum Gasteiger partial charge on any atom is 0.257 e. The Morgan fingerprint density at radius 3 is 2.43 bits per heavy atom. The Balaban J connectivity index is 2.31. The molecule has 2 aromatic carbocycles. The monoisotopic (exact) mass is 352 g/mol. The fraction of sp³-hybridized carbons (Fsp3) is 0. The Bertz CT molecular complexity index is 806. The van der Waals surface area contributed by atoms with Gasteiger partial charge in [-0.3, -0.25) is 4.79 Å². The van der Waals surface area contributed by atoms with E-state index >= 15 is 0 Å². The number of carbonyl (C=O) groups is 2. The van der Waals surface area contributed by atoms with Crippen LogP contribution in [0.5, 0.6) is 0 Å². The van der Waals surface area contributed by atoms with Gasteiger partial charge in [-0.15, -0.1) is 0 Å². The molecular weight excluding hydrogens is 344 g/mol. The van der Waals surface area contributed by atoms with Crippen LogP contribution in [0.25, 0.3) is 6.08 Å². The molecule has 0 fully saturated rings. The Morgan fingerprint density at radius 2 is 1.83 bits per heavy atom. The lowest BCUT2D eigenvalue weighted by molar-refractivity contribution is -0.299. The number of carbonyl (C=O) groups excluding carboxylic acids is 2. The van der Waals surface area contributed by atoms with E-state index < -0.39 is 23.4 Å². The molecule has 4 nitrogen and oxygen atoms in total. The number of carboxylic acids is 1. The standard InChI is InChI=1S/C16H10Cl2FNO3/c17-10-5-6-11(12(18)8-10)15(21)20-14(16(22)23)7-9-3-1-2-4-13(9)19/h1-8H,(H,20,21)(H,22,23)/p-1/b14-7+. The molecule has 1 amide bonds. The molecule has 2 aromatic rings. The van der Waals surface area contributed by atoms with Crippen molar-refractivity contribution in [3.8, 4) is 0 Å². The highest BCUT2D eigenvalue weighted by atomic mass is 35.5. The molecule has 0 aliphatic heterocycles. The lowest BCUT2D eigenvalue weighted by atomic mass is 10.1. The fourth-order valence-corrected chi connectivity index (χ4v) is 2.25. The van der Waals surface area contributed by atoms with E-state index in [2.05, 4.69) is 5.32 Å². The highest BCUT2D eigenvalue weighted by molar-refractivity contribution is 6.36. The number of hydrogen-bond donors (Lipinski definition) is 1. The maximum atomic E-state index is 13.6. The van der Waals surface area contributed by atoms with E-state index in [1.54, 1.807) is 0 Å². The van der Waals surface area contributed by atoms with Gasteiger partial charge in [0.15, 0.2) is 0 Å². The molecule has 0 bridgehead atoms. The first-order chi connectivity index (χ1) is 10.9. The van der Waals surface area contributed by atoms with E-state index in [1.165, 1.54) is 36.4 Å². The molecule has 0 aliphatic rings. The second-order valence-corrected chi connectivity index (χ2v) is 5.29. The van der Waals surface area contributed by atoms with Gasteiger partial charge in [-0.2, -0.15) is 0 Å². The highest BCUT2D eigenvalue weighted by Gasteiger charge is 2.13. The molecule has 23 heavy (non-hydrogen) atoms. The number of nitrogens with one attached hydrogen (secondary N) is 1. The molecular formula is C16H9Cl2FNO3-. The zero-order valence-electron chi connectivity index (χ0n) is 11.5. The Labute approximate surface area is 141 Å². The van der Waals surface area contributed by atoms with E-state index in [1.807, 2.05) is 0 Å². The topological polar surface area (TPSA) is 69.2 Å². The third-order valence-electron chi connectivity index (χ3n) is 2.85. The lowest BCUT2D eigenvalue weighted by Crippen LogP contribution is -2.35. The summed E-state index contributed by atoms with van der Waals surface area (Å²) in [6.45, 7) is 0. The number of amides is 1. The van der Waals surface area contributed by atoms with Crippen molar-refractivity contribution in [3.05, 3.63) is 75.2 Å². The summed E-state index contributed by atoms with van der Waals surface area (Å²) in [5, 5.41) is 13.7. The Kier molecular flexibility index (Phi) is 5.36. The third kappa shape index (κ3) is 4.31. The second kappa shape index (κ2) is 7.26. The van der Waals surface area contributed by atoms with Crippen LogP contribution in [0.4, 0.5) is 4.39 Å². The van der Waals surface area contributed by atoms with Crippen molar-refractivity contribution in [2.24, 2.45) is 0 Å². The van der Waals surface area contributed by atoms with Crippen molar-refractivity contribution in [1.29, 1.82) is 0 Å². The largest absolute Gasteiger partial charge is 0.543 e. The molecule has 118 valence electrons. The highest BCUT2D eigenvalue weighted by Crippen LogP contribution is 2.21. The van der Waals surface area contributed by atoms with Gasteiger partial charge in [0.05, 0.1) is 22.3 Å². The summed E-state index contributed by atoms with van der Waals surface area (Å²) in [6, 6.07) is 9.63. The average molecular weight is 353 g/mol. The van der Waals surface area contributed by atoms with E-state index in [0.717, 1.165) is 12.1 Å². The lowest BCUT2D eigenvalue weighted by Gasteiger charge is -2.12. The molecule has 0 spiro atoms. The number of hydrogen-bond acceptors (Lipinski definition) is 3. The van der Waals surface area contributed by atoms with Crippen LogP contribution in [0.15, 0.2) is 48.2 Å². The number of halogens is 3. The first-order valence-electron chi connectivity index (χ1n) is 6.32. The Hall–Kier alpha value is -2.37. The maximum absolute atomic E-state index is 13.6. The zero-order valence-corrected chi connectivity index (χ0v) is 13.0. The van der Waals surface area contributed by atoms with Crippen LogP contribution in [0.1, 0.15) is 15.9 Å². The van der Waals surface area contributed by atoms with Crippen LogP contribution in [-0.2, 0) is 4.79 Å². The van der Waals surface area contributed by atoms with Crippen molar-refractivity contribution < 1.29 is 19.1 Å². The van der Waals surface area contributed by atoms with Crippen LogP contribution < -0.4 is 10.4 Å². The van der Waals surface area contributed by atoms with E-state index in [9.17, 15) is 19.1 Å². The fourth-order valence-electron chi connectivity index (χ4n) is 1.76. The van der Waals surface area contributed by atoms with Gasteiger partial charge >= 0.3 is 0 Å². The van der Waals surface area contributed by atoms with Crippen LogP contribution in [-0.4, -0.2) is 11.9 Å². The molecule has 0 saturated carbocycles. The van der Waals surface area contributed by atoms with E-state index in [4.69, 9.17) is 23.2 Å². The molecule has 0 aromatic heterocycles. The van der Waals surface area contributed by atoms with Crippen LogP contribution in [0.2, 0.25) is 10.0 Å². The first-order valence-corrected chi connectivity index (χ1v) is 7.08. The number of aliphatic carboxylic acids is 1. The quantitative estimate of drug-likeness (QED) is 0.860. The SMILES string of the molecule is O=C([O-])/C(=C\c1ccccc1F)NC(=O)c1ccc(Cl)cc1Cl. The van der Waals surface area contributed by atoms with Gasteiger partial charge in [0.25, 0.3) is 5.91 Å². The molecule has 0 heterocycles. The molecule has 0 saturated heterocycles. The average Bonchev–Trinajstić information content (AvgIpc) is 2.48. The molecule has 0 unspecified atom stereocenters.